The number of hydrogen-bond donors (Lipinski definition) is 2. The fourth-order valence-electron chi connectivity index (χ4n) is 1.92. The molecule has 4 heteroatoms. The summed E-state index contributed by atoms with van der Waals surface area (Å²) in [6.07, 6.45) is 2.34. The molecular formula is C11H25N3O. The number of ether oxygens (including phenoxy) is 1. The monoisotopic (exact) mass is 215 g/mol. The van der Waals surface area contributed by atoms with Gasteiger partial charge in [-0.25, -0.2) is 0 Å². The molecule has 1 atom stereocenters. The maximum atomic E-state index is 5.00. The first-order valence-corrected chi connectivity index (χ1v) is 5.95. The van der Waals surface area contributed by atoms with Crippen molar-refractivity contribution in [3.63, 3.8) is 0 Å². The molecule has 1 rings (SSSR count). The molecular weight excluding hydrogens is 190 g/mol. The molecule has 0 spiro atoms. The average Bonchev–Trinajstić information content (AvgIpc) is 2.25. The number of piperazine rings is 1. The Bertz CT molecular complexity index is 155. The van der Waals surface area contributed by atoms with Crippen LogP contribution >= 0.6 is 0 Å². The maximum Gasteiger partial charge on any atom is 0.0474 e. The standard InChI is InChI=1S/C11H25N3O/c1-14-8-7-13-10-11(14)4-6-12-5-3-9-15-2/h11-13H,3-10H2,1-2H3. The summed E-state index contributed by atoms with van der Waals surface area (Å²) in [6.45, 7) is 6.48. The van der Waals surface area contributed by atoms with Gasteiger partial charge >= 0.3 is 0 Å². The molecule has 0 radical (unpaired) electrons. The molecule has 0 aromatic rings. The molecule has 0 amide bonds. The highest BCUT2D eigenvalue weighted by molar-refractivity contribution is 4.77. The number of likely N-dealkylation sites (N-methyl/N-ethyl adjacent to an activating group) is 1. The van der Waals surface area contributed by atoms with Crippen LogP contribution in [0.3, 0.4) is 0 Å². The number of rotatable bonds is 7. The van der Waals surface area contributed by atoms with Gasteiger partial charge in [-0.05, 0) is 33.0 Å². The Kier molecular flexibility index (Phi) is 6.92. The van der Waals surface area contributed by atoms with E-state index in [0.29, 0.717) is 6.04 Å². The Morgan fingerprint density at radius 1 is 1.47 bits per heavy atom. The van der Waals surface area contributed by atoms with Crippen LogP contribution in [0, 0.1) is 0 Å². The molecule has 0 aliphatic carbocycles. The Labute approximate surface area is 93.4 Å². The molecule has 1 aliphatic heterocycles. The summed E-state index contributed by atoms with van der Waals surface area (Å²) in [5, 5.41) is 6.89. The molecule has 1 fully saturated rings. The second-order valence-electron chi connectivity index (χ2n) is 4.22. The van der Waals surface area contributed by atoms with Gasteiger partial charge in [0.05, 0.1) is 0 Å². The third-order valence-corrected chi connectivity index (χ3v) is 3.00. The van der Waals surface area contributed by atoms with Gasteiger partial charge in [-0.1, -0.05) is 0 Å². The zero-order valence-electron chi connectivity index (χ0n) is 10.1. The van der Waals surface area contributed by atoms with Gasteiger partial charge in [0, 0.05) is 39.4 Å². The van der Waals surface area contributed by atoms with E-state index in [1.165, 1.54) is 13.0 Å². The third kappa shape index (κ3) is 5.47. The first kappa shape index (κ1) is 12.9. The molecule has 0 aromatic carbocycles. The number of hydrogen-bond acceptors (Lipinski definition) is 4. The van der Waals surface area contributed by atoms with Crippen LogP contribution in [0.4, 0.5) is 0 Å². The molecule has 0 bridgehead atoms. The summed E-state index contributed by atoms with van der Waals surface area (Å²) in [5.74, 6) is 0. The Morgan fingerprint density at radius 3 is 3.07 bits per heavy atom. The van der Waals surface area contributed by atoms with E-state index >= 15 is 0 Å². The first-order chi connectivity index (χ1) is 7.34. The lowest BCUT2D eigenvalue weighted by molar-refractivity contribution is 0.185. The summed E-state index contributed by atoms with van der Waals surface area (Å²) in [4.78, 5) is 2.45. The second kappa shape index (κ2) is 8.05. The zero-order valence-corrected chi connectivity index (χ0v) is 10.1. The zero-order chi connectivity index (χ0) is 10.9. The van der Waals surface area contributed by atoms with Gasteiger partial charge < -0.3 is 20.3 Å². The normalized spacial score (nSPS) is 23.2. The van der Waals surface area contributed by atoms with Crippen LogP contribution in [0.5, 0.6) is 0 Å². The third-order valence-electron chi connectivity index (χ3n) is 3.00. The van der Waals surface area contributed by atoms with E-state index in [1.807, 2.05) is 0 Å². The summed E-state index contributed by atoms with van der Waals surface area (Å²) in [7, 11) is 3.97. The largest absolute Gasteiger partial charge is 0.385 e. The fourth-order valence-corrected chi connectivity index (χ4v) is 1.92. The quantitative estimate of drug-likeness (QED) is 0.582. The molecule has 0 aromatic heterocycles. The molecule has 1 saturated heterocycles. The lowest BCUT2D eigenvalue weighted by Crippen LogP contribution is -2.50. The molecule has 0 saturated carbocycles. The van der Waals surface area contributed by atoms with Gasteiger partial charge in [0.1, 0.15) is 0 Å². The number of nitrogens with one attached hydrogen (secondary N) is 2. The van der Waals surface area contributed by atoms with E-state index in [4.69, 9.17) is 4.74 Å². The van der Waals surface area contributed by atoms with E-state index in [2.05, 4.69) is 22.6 Å². The molecule has 90 valence electrons. The maximum absolute atomic E-state index is 5.00. The Morgan fingerprint density at radius 2 is 2.33 bits per heavy atom. The number of nitrogens with zero attached hydrogens (tertiary/aromatic N) is 1. The summed E-state index contributed by atoms with van der Waals surface area (Å²) in [5.41, 5.74) is 0. The molecule has 1 unspecified atom stereocenters. The van der Waals surface area contributed by atoms with Crippen LogP contribution in [0.2, 0.25) is 0 Å². The average molecular weight is 215 g/mol. The van der Waals surface area contributed by atoms with Gasteiger partial charge in [-0.2, -0.15) is 0 Å². The first-order valence-electron chi connectivity index (χ1n) is 5.95. The highest BCUT2D eigenvalue weighted by Crippen LogP contribution is 2.03. The molecule has 1 aliphatic rings. The van der Waals surface area contributed by atoms with Gasteiger partial charge in [0.25, 0.3) is 0 Å². The van der Waals surface area contributed by atoms with Crippen molar-refractivity contribution in [2.24, 2.45) is 0 Å². The van der Waals surface area contributed by atoms with E-state index in [9.17, 15) is 0 Å². The molecule has 2 N–H and O–H groups in total. The minimum absolute atomic E-state index is 0.702. The van der Waals surface area contributed by atoms with Crippen molar-refractivity contribution in [3.8, 4) is 0 Å². The summed E-state index contributed by atoms with van der Waals surface area (Å²) >= 11 is 0. The molecule has 1 heterocycles. The Balaban J connectivity index is 1.94. The van der Waals surface area contributed by atoms with Crippen molar-refractivity contribution in [3.05, 3.63) is 0 Å². The summed E-state index contributed by atoms with van der Waals surface area (Å²) in [6, 6.07) is 0.702. The second-order valence-corrected chi connectivity index (χ2v) is 4.22. The van der Waals surface area contributed by atoms with E-state index in [-0.39, 0.29) is 0 Å². The minimum Gasteiger partial charge on any atom is -0.385 e. The smallest absolute Gasteiger partial charge is 0.0474 e. The van der Waals surface area contributed by atoms with Gasteiger partial charge in [0.15, 0.2) is 0 Å². The van der Waals surface area contributed by atoms with E-state index in [1.54, 1.807) is 7.11 Å². The highest BCUT2D eigenvalue weighted by Gasteiger charge is 2.17. The van der Waals surface area contributed by atoms with Gasteiger partial charge in [-0.3, -0.25) is 0 Å². The summed E-state index contributed by atoms with van der Waals surface area (Å²) < 4.78 is 5.00. The Hall–Kier alpha value is -0.160. The van der Waals surface area contributed by atoms with Crippen molar-refractivity contribution in [2.45, 2.75) is 18.9 Å². The minimum atomic E-state index is 0.702. The van der Waals surface area contributed by atoms with Crippen LogP contribution in [-0.2, 0) is 4.74 Å². The molecule has 4 nitrogen and oxygen atoms in total. The van der Waals surface area contributed by atoms with Crippen LogP contribution in [-0.4, -0.2) is 64.4 Å². The predicted molar refractivity (Wildman–Crippen MR) is 63.3 cm³/mol. The predicted octanol–water partition coefficient (Wildman–Crippen LogP) is -0.0938. The molecule has 15 heavy (non-hydrogen) atoms. The topological polar surface area (TPSA) is 36.5 Å². The van der Waals surface area contributed by atoms with Crippen molar-refractivity contribution in [1.82, 2.24) is 15.5 Å². The van der Waals surface area contributed by atoms with Crippen molar-refractivity contribution in [1.29, 1.82) is 0 Å². The fraction of sp³-hybridized carbons (Fsp3) is 1.00. The van der Waals surface area contributed by atoms with Crippen molar-refractivity contribution < 1.29 is 4.74 Å². The number of methoxy groups -OCH3 is 1. The lowest BCUT2D eigenvalue weighted by Gasteiger charge is -2.33. The van der Waals surface area contributed by atoms with Crippen LogP contribution in [0.15, 0.2) is 0 Å². The van der Waals surface area contributed by atoms with Crippen LogP contribution < -0.4 is 10.6 Å². The van der Waals surface area contributed by atoms with Crippen molar-refractivity contribution >= 4 is 0 Å². The van der Waals surface area contributed by atoms with Gasteiger partial charge in [0.2, 0.25) is 0 Å². The lowest BCUT2D eigenvalue weighted by atomic mass is 10.1. The van der Waals surface area contributed by atoms with Gasteiger partial charge in [-0.15, -0.1) is 0 Å². The van der Waals surface area contributed by atoms with Crippen LogP contribution in [0.25, 0.3) is 0 Å². The van der Waals surface area contributed by atoms with E-state index in [0.717, 1.165) is 39.2 Å². The van der Waals surface area contributed by atoms with Crippen molar-refractivity contribution in [2.75, 3.05) is 53.5 Å². The van der Waals surface area contributed by atoms with E-state index < -0.39 is 0 Å². The highest BCUT2D eigenvalue weighted by atomic mass is 16.5. The SMILES string of the molecule is COCCCNCCC1CNCCN1C. The van der Waals surface area contributed by atoms with Crippen LogP contribution in [0.1, 0.15) is 12.8 Å².